The Morgan fingerprint density at radius 2 is 2.18 bits per heavy atom. The van der Waals surface area contributed by atoms with Crippen molar-refractivity contribution in [3.63, 3.8) is 0 Å². The van der Waals surface area contributed by atoms with Gasteiger partial charge in [-0.2, -0.15) is 0 Å². The second kappa shape index (κ2) is 6.22. The standard InChI is InChI=1S/C13H19ClFNO/c1-3-6-13(15,9-16)8-10-7-11(14)4-5-12(10)17-2/h4-5,7H,3,6,8-9,16H2,1-2H3. The maximum absolute atomic E-state index is 14.4. The number of benzene rings is 1. The van der Waals surface area contributed by atoms with Crippen LogP contribution in [0.4, 0.5) is 4.39 Å². The highest BCUT2D eigenvalue weighted by atomic mass is 35.5. The molecule has 0 bridgehead atoms. The van der Waals surface area contributed by atoms with Crippen molar-refractivity contribution in [1.82, 2.24) is 0 Å². The normalized spacial score (nSPS) is 14.4. The van der Waals surface area contributed by atoms with Gasteiger partial charge in [-0.25, -0.2) is 4.39 Å². The van der Waals surface area contributed by atoms with E-state index in [0.29, 0.717) is 17.2 Å². The summed E-state index contributed by atoms with van der Waals surface area (Å²) in [5.74, 6) is 0.654. The van der Waals surface area contributed by atoms with Crippen molar-refractivity contribution in [2.75, 3.05) is 13.7 Å². The first-order chi connectivity index (χ1) is 8.04. The van der Waals surface area contributed by atoms with Gasteiger partial charge in [-0.3, -0.25) is 0 Å². The Balaban J connectivity index is 2.95. The van der Waals surface area contributed by atoms with E-state index in [0.717, 1.165) is 12.0 Å². The molecule has 0 fully saturated rings. The summed E-state index contributed by atoms with van der Waals surface area (Å²) >= 11 is 5.91. The van der Waals surface area contributed by atoms with E-state index in [1.807, 2.05) is 6.92 Å². The van der Waals surface area contributed by atoms with Gasteiger partial charge in [0.05, 0.1) is 7.11 Å². The number of alkyl halides is 1. The molecule has 1 aromatic carbocycles. The third kappa shape index (κ3) is 3.86. The van der Waals surface area contributed by atoms with Gasteiger partial charge in [0.25, 0.3) is 0 Å². The van der Waals surface area contributed by atoms with Crippen LogP contribution in [-0.2, 0) is 6.42 Å². The third-order valence-corrected chi connectivity index (χ3v) is 3.05. The molecule has 1 rings (SSSR count). The summed E-state index contributed by atoms with van der Waals surface area (Å²) in [6.45, 7) is 1.95. The monoisotopic (exact) mass is 259 g/mol. The maximum Gasteiger partial charge on any atom is 0.127 e. The molecule has 1 atom stereocenters. The van der Waals surface area contributed by atoms with Crippen LogP contribution in [-0.4, -0.2) is 19.3 Å². The van der Waals surface area contributed by atoms with E-state index in [2.05, 4.69) is 0 Å². The van der Waals surface area contributed by atoms with Crippen LogP contribution in [0.2, 0.25) is 5.02 Å². The molecule has 2 N–H and O–H groups in total. The van der Waals surface area contributed by atoms with E-state index >= 15 is 0 Å². The molecule has 0 spiro atoms. The van der Waals surface area contributed by atoms with E-state index in [1.54, 1.807) is 25.3 Å². The number of hydrogen-bond donors (Lipinski definition) is 1. The van der Waals surface area contributed by atoms with Crippen LogP contribution in [0.5, 0.6) is 5.75 Å². The first kappa shape index (κ1) is 14.3. The molecule has 17 heavy (non-hydrogen) atoms. The van der Waals surface area contributed by atoms with Gasteiger partial charge in [0.2, 0.25) is 0 Å². The van der Waals surface area contributed by atoms with Gasteiger partial charge in [0.1, 0.15) is 11.4 Å². The predicted molar refractivity (Wildman–Crippen MR) is 69.5 cm³/mol. The molecule has 0 aromatic heterocycles. The highest BCUT2D eigenvalue weighted by Crippen LogP contribution is 2.30. The maximum atomic E-state index is 14.4. The number of halogens is 2. The Morgan fingerprint density at radius 1 is 1.47 bits per heavy atom. The number of methoxy groups -OCH3 is 1. The molecule has 0 saturated heterocycles. The van der Waals surface area contributed by atoms with Gasteiger partial charge in [-0.05, 0) is 30.2 Å². The van der Waals surface area contributed by atoms with Crippen molar-refractivity contribution < 1.29 is 9.13 Å². The quantitative estimate of drug-likeness (QED) is 0.850. The molecular formula is C13H19ClFNO. The number of rotatable bonds is 6. The van der Waals surface area contributed by atoms with Crippen LogP contribution in [0.3, 0.4) is 0 Å². The van der Waals surface area contributed by atoms with Crippen molar-refractivity contribution in [2.24, 2.45) is 5.73 Å². The predicted octanol–water partition coefficient (Wildman–Crippen LogP) is 3.36. The van der Waals surface area contributed by atoms with Gasteiger partial charge in [0, 0.05) is 18.0 Å². The SMILES string of the molecule is CCCC(F)(CN)Cc1cc(Cl)ccc1OC. The van der Waals surface area contributed by atoms with Crippen molar-refractivity contribution in [3.8, 4) is 5.75 Å². The number of ether oxygens (including phenoxy) is 1. The first-order valence-electron chi connectivity index (χ1n) is 5.76. The van der Waals surface area contributed by atoms with Gasteiger partial charge >= 0.3 is 0 Å². The van der Waals surface area contributed by atoms with Crippen LogP contribution in [0.25, 0.3) is 0 Å². The van der Waals surface area contributed by atoms with Gasteiger partial charge < -0.3 is 10.5 Å². The van der Waals surface area contributed by atoms with Crippen molar-refractivity contribution in [1.29, 1.82) is 0 Å². The molecule has 0 radical (unpaired) electrons. The Bertz CT molecular complexity index is 372. The van der Waals surface area contributed by atoms with Crippen LogP contribution in [0.15, 0.2) is 18.2 Å². The molecule has 1 aromatic rings. The molecule has 0 aliphatic rings. The summed E-state index contributed by atoms with van der Waals surface area (Å²) < 4.78 is 19.6. The Kier molecular flexibility index (Phi) is 5.22. The van der Waals surface area contributed by atoms with Crippen LogP contribution in [0.1, 0.15) is 25.3 Å². The van der Waals surface area contributed by atoms with E-state index in [9.17, 15) is 4.39 Å². The molecule has 2 nitrogen and oxygen atoms in total. The first-order valence-corrected chi connectivity index (χ1v) is 6.14. The van der Waals surface area contributed by atoms with Gasteiger partial charge in [-0.1, -0.05) is 24.9 Å². The summed E-state index contributed by atoms with van der Waals surface area (Å²) in [5, 5.41) is 0.580. The van der Waals surface area contributed by atoms with Crippen molar-refractivity contribution in [2.45, 2.75) is 31.9 Å². The lowest BCUT2D eigenvalue weighted by Crippen LogP contribution is -2.35. The number of hydrogen-bond acceptors (Lipinski definition) is 2. The minimum absolute atomic E-state index is 0.0104. The van der Waals surface area contributed by atoms with Gasteiger partial charge in [-0.15, -0.1) is 0 Å². The topological polar surface area (TPSA) is 35.2 Å². The van der Waals surface area contributed by atoms with E-state index in [-0.39, 0.29) is 13.0 Å². The van der Waals surface area contributed by atoms with E-state index in [1.165, 1.54) is 0 Å². The Labute approximate surface area is 107 Å². The van der Waals surface area contributed by atoms with Crippen LogP contribution >= 0.6 is 11.6 Å². The Hall–Kier alpha value is -0.800. The fourth-order valence-corrected chi connectivity index (χ4v) is 2.13. The summed E-state index contributed by atoms with van der Waals surface area (Å²) in [4.78, 5) is 0. The minimum Gasteiger partial charge on any atom is -0.496 e. The third-order valence-electron chi connectivity index (χ3n) is 2.81. The summed E-state index contributed by atoms with van der Waals surface area (Å²) in [6, 6.07) is 5.21. The highest BCUT2D eigenvalue weighted by molar-refractivity contribution is 6.30. The molecule has 0 aliphatic carbocycles. The average molecular weight is 260 g/mol. The zero-order valence-electron chi connectivity index (χ0n) is 10.3. The summed E-state index contributed by atoms with van der Waals surface area (Å²) in [5.41, 5.74) is 4.90. The van der Waals surface area contributed by atoms with E-state index in [4.69, 9.17) is 22.1 Å². The largest absolute Gasteiger partial charge is 0.496 e. The minimum atomic E-state index is -1.38. The Morgan fingerprint density at radius 3 is 2.71 bits per heavy atom. The zero-order chi connectivity index (χ0) is 12.9. The fourth-order valence-electron chi connectivity index (χ4n) is 1.94. The highest BCUT2D eigenvalue weighted by Gasteiger charge is 2.28. The molecule has 0 amide bonds. The second-order valence-electron chi connectivity index (χ2n) is 4.24. The zero-order valence-corrected chi connectivity index (χ0v) is 11.1. The van der Waals surface area contributed by atoms with Crippen molar-refractivity contribution in [3.05, 3.63) is 28.8 Å². The fraction of sp³-hybridized carbons (Fsp3) is 0.538. The van der Waals surface area contributed by atoms with Gasteiger partial charge in [0.15, 0.2) is 0 Å². The van der Waals surface area contributed by atoms with Crippen LogP contribution in [0, 0.1) is 0 Å². The molecule has 0 aliphatic heterocycles. The van der Waals surface area contributed by atoms with Crippen molar-refractivity contribution >= 4 is 11.6 Å². The molecule has 0 saturated carbocycles. The lowest BCUT2D eigenvalue weighted by molar-refractivity contribution is 0.157. The molecule has 0 heterocycles. The average Bonchev–Trinajstić information content (AvgIpc) is 2.29. The summed E-state index contributed by atoms with van der Waals surface area (Å²) in [7, 11) is 1.56. The van der Waals surface area contributed by atoms with E-state index < -0.39 is 5.67 Å². The smallest absolute Gasteiger partial charge is 0.127 e. The lowest BCUT2D eigenvalue weighted by atomic mass is 9.91. The molecule has 96 valence electrons. The molecule has 4 heteroatoms. The lowest BCUT2D eigenvalue weighted by Gasteiger charge is -2.24. The molecule has 1 unspecified atom stereocenters. The number of nitrogens with two attached hydrogens (primary N) is 1. The van der Waals surface area contributed by atoms with Crippen LogP contribution < -0.4 is 10.5 Å². The second-order valence-corrected chi connectivity index (χ2v) is 4.67. The molecular weight excluding hydrogens is 241 g/mol. The summed E-state index contributed by atoms with van der Waals surface area (Å²) in [6.07, 6.45) is 1.44.